The van der Waals surface area contributed by atoms with Crippen molar-refractivity contribution < 1.29 is 19.5 Å². The van der Waals surface area contributed by atoms with E-state index in [4.69, 9.17) is 4.74 Å². The third-order valence-electron chi connectivity index (χ3n) is 5.02. The molecule has 1 aromatic heterocycles. The highest BCUT2D eigenvalue weighted by Crippen LogP contribution is 2.39. The first-order valence-electron chi connectivity index (χ1n) is 8.78. The van der Waals surface area contributed by atoms with E-state index >= 15 is 0 Å². The van der Waals surface area contributed by atoms with E-state index in [2.05, 4.69) is 6.92 Å². The average molecular weight is 356 g/mol. The molecule has 1 unspecified atom stereocenters. The molecule has 2 aliphatic heterocycles. The highest BCUT2D eigenvalue weighted by Gasteiger charge is 2.33. The molecule has 0 saturated carbocycles. The summed E-state index contributed by atoms with van der Waals surface area (Å²) in [5, 5.41) is 12.3. The fourth-order valence-electron chi connectivity index (χ4n) is 3.78. The number of phenolic OH excluding ortho intramolecular Hbond substituents is 1. The van der Waals surface area contributed by atoms with Crippen molar-refractivity contribution in [3.05, 3.63) is 51.4 Å². The summed E-state index contributed by atoms with van der Waals surface area (Å²) in [5.74, 6) is 1.69. The van der Waals surface area contributed by atoms with E-state index in [0.29, 0.717) is 29.5 Å². The molecule has 2 aliphatic rings. The van der Waals surface area contributed by atoms with Gasteiger partial charge in [0, 0.05) is 16.9 Å². The molecule has 1 fully saturated rings. The number of allylic oxidation sites excluding steroid dienone is 1. The van der Waals surface area contributed by atoms with Crippen molar-refractivity contribution in [2.75, 3.05) is 13.1 Å². The Morgan fingerprint density at radius 1 is 1.40 bits per heavy atom. The van der Waals surface area contributed by atoms with E-state index in [1.165, 1.54) is 17.7 Å². The predicted octanol–water partition coefficient (Wildman–Crippen LogP) is 2.88. The number of Topliss-reactive ketones (excluding diaryl/α,β-unsaturated/α-hetero) is 1. The van der Waals surface area contributed by atoms with E-state index in [0.717, 1.165) is 23.5 Å². The Kier molecular flexibility index (Phi) is 4.36. The third kappa shape index (κ3) is 3.22. The van der Waals surface area contributed by atoms with Gasteiger partial charge >= 0.3 is 0 Å². The van der Waals surface area contributed by atoms with E-state index < -0.39 is 0 Å². The number of aromatic hydroxyl groups is 1. The minimum Gasteiger partial charge on any atom is -0.507 e. The van der Waals surface area contributed by atoms with Gasteiger partial charge in [-0.3, -0.25) is 4.79 Å². The second-order valence-corrected chi connectivity index (χ2v) is 8.00. The number of nitrogens with one attached hydrogen (secondary N) is 1. The van der Waals surface area contributed by atoms with E-state index in [1.807, 2.05) is 17.5 Å². The molecule has 0 aliphatic carbocycles. The maximum absolute atomic E-state index is 12.7. The summed E-state index contributed by atoms with van der Waals surface area (Å²) in [4.78, 5) is 15.1. The van der Waals surface area contributed by atoms with Gasteiger partial charge in [0.25, 0.3) is 0 Å². The molecule has 0 bridgehead atoms. The number of fused-ring (bicyclic) bond motifs is 1. The van der Waals surface area contributed by atoms with Crippen molar-refractivity contribution in [1.29, 1.82) is 0 Å². The molecule has 130 valence electrons. The van der Waals surface area contributed by atoms with Crippen molar-refractivity contribution in [2.24, 2.45) is 5.92 Å². The van der Waals surface area contributed by atoms with Crippen LogP contribution in [0.25, 0.3) is 6.08 Å². The lowest BCUT2D eigenvalue weighted by molar-refractivity contribution is -0.922. The number of piperidine rings is 1. The molecule has 2 N–H and O–H groups in total. The van der Waals surface area contributed by atoms with Gasteiger partial charge < -0.3 is 14.7 Å². The Morgan fingerprint density at radius 2 is 2.28 bits per heavy atom. The summed E-state index contributed by atoms with van der Waals surface area (Å²) < 4.78 is 5.92. The molecule has 25 heavy (non-hydrogen) atoms. The smallest absolute Gasteiger partial charge is 0.232 e. The SMILES string of the molecule is C[C@@H]1CCC[NH+](Cc2c(O)ccc3c2O/C(=C\c2cccs2)C3=O)C1. The highest BCUT2D eigenvalue weighted by molar-refractivity contribution is 7.10. The van der Waals surface area contributed by atoms with Crippen LogP contribution in [0.1, 0.15) is 40.6 Å². The maximum Gasteiger partial charge on any atom is 0.232 e. The number of phenols is 1. The fourth-order valence-corrected chi connectivity index (χ4v) is 4.42. The van der Waals surface area contributed by atoms with Crippen molar-refractivity contribution >= 4 is 23.2 Å². The Labute approximate surface area is 151 Å². The molecule has 0 amide bonds. The fraction of sp³-hybridized carbons (Fsp3) is 0.350. The molecular weight excluding hydrogens is 334 g/mol. The minimum atomic E-state index is -0.105. The van der Waals surface area contributed by atoms with Crippen LogP contribution < -0.4 is 9.64 Å². The molecule has 2 atom stereocenters. The van der Waals surface area contributed by atoms with E-state index in [9.17, 15) is 9.90 Å². The van der Waals surface area contributed by atoms with Crippen LogP contribution in [0, 0.1) is 5.92 Å². The van der Waals surface area contributed by atoms with Gasteiger partial charge in [0.05, 0.1) is 24.2 Å². The topological polar surface area (TPSA) is 51.0 Å². The second-order valence-electron chi connectivity index (χ2n) is 7.02. The maximum atomic E-state index is 12.7. The molecule has 2 aromatic rings. The van der Waals surface area contributed by atoms with Crippen molar-refractivity contribution in [3.63, 3.8) is 0 Å². The van der Waals surface area contributed by atoms with Gasteiger partial charge in [0.1, 0.15) is 12.3 Å². The van der Waals surface area contributed by atoms with Crippen LogP contribution in [0.4, 0.5) is 0 Å². The summed E-state index contributed by atoms with van der Waals surface area (Å²) in [6.45, 7) is 5.16. The van der Waals surface area contributed by atoms with Crippen molar-refractivity contribution in [2.45, 2.75) is 26.3 Å². The van der Waals surface area contributed by atoms with Gasteiger partial charge in [-0.05, 0) is 36.4 Å². The molecule has 4 rings (SSSR count). The second kappa shape index (κ2) is 6.65. The molecule has 5 heteroatoms. The number of likely N-dealkylation sites (tertiary alicyclic amines) is 1. The zero-order chi connectivity index (χ0) is 17.4. The predicted molar refractivity (Wildman–Crippen MR) is 98.2 cm³/mol. The number of hydrogen-bond donors (Lipinski definition) is 2. The van der Waals surface area contributed by atoms with Gasteiger partial charge in [-0.15, -0.1) is 11.3 Å². The zero-order valence-corrected chi connectivity index (χ0v) is 15.1. The first-order chi connectivity index (χ1) is 12.1. The minimum absolute atomic E-state index is 0.105. The molecule has 0 spiro atoms. The summed E-state index contributed by atoms with van der Waals surface area (Å²) in [6, 6.07) is 7.19. The monoisotopic (exact) mass is 356 g/mol. The number of hydrogen-bond acceptors (Lipinski definition) is 4. The Bertz CT molecular complexity index is 826. The Hall–Kier alpha value is -2.11. The zero-order valence-electron chi connectivity index (χ0n) is 14.2. The number of benzene rings is 1. The highest BCUT2D eigenvalue weighted by atomic mass is 32.1. The first kappa shape index (κ1) is 16.4. The van der Waals surface area contributed by atoms with Gasteiger partial charge in [0.2, 0.25) is 5.78 Å². The van der Waals surface area contributed by atoms with Crippen LogP contribution in [-0.2, 0) is 6.54 Å². The van der Waals surface area contributed by atoms with Crippen LogP contribution in [0.3, 0.4) is 0 Å². The van der Waals surface area contributed by atoms with Gasteiger partial charge in [-0.1, -0.05) is 13.0 Å². The summed E-state index contributed by atoms with van der Waals surface area (Å²) in [6.07, 6.45) is 4.25. The summed E-state index contributed by atoms with van der Waals surface area (Å²) in [5.41, 5.74) is 1.31. The van der Waals surface area contributed by atoms with Crippen molar-refractivity contribution in [1.82, 2.24) is 0 Å². The number of carbonyl (C=O) groups is 1. The van der Waals surface area contributed by atoms with Gasteiger partial charge in [-0.2, -0.15) is 0 Å². The number of thiophene rings is 1. The quantitative estimate of drug-likeness (QED) is 0.832. The number of quaternary nitrogens is 1. The molecule has 1 saturated heterocycles. The van der Waals surface area contributed by atoms with E-state index in [-0.39, 0.29) is 11.5 Å². The lowest BCUT2D eigenvalue weighted by Gasteiger charge is -2.28. The van der Waals surface area contributed by atoms with E-state index in [1.54, 1.807) is 29.5 Å². The van der Waals surface area contributed by atoms with Crippen LogP contribution >= 0.6 is 11.3 Å². The average Bonchev–Trinajstić information content (AvgIpc) is 3.20. The van der Waals surface area contributed by atoms with Gasteiger partial charge in [-0.25, -0.2) is 0 Å². The Balaban J connectivity index is 1.64. The number of rotatable bonds is 3. The first-order valence-corrected chi connectivity index (χ1v) is 9.66. The lowest BCUT2D eigenvalue weighted by atomic mass is 9.99. The van der Waals surface area contributed by atoms with Gasteiger partial charge in [0.15, 0.2) is 11.5 Å². The lowest BCUT2D eigenvalue weighted by Crippen LogP contribution is -3.12. The largest absolute Gasteiger partial charge is 0.507 e. The normalized spacial score (nSPS) is 24.4. The van der Waals surface area contributed by atoms with Crippen molar-refractivity contribution in [3.8, 4) is 11.5 Å². The standard InChI is InChI=1S/C20H21NO3S/c1-13-4-2-8-21(11-13)12-16-17(22)7-6-15-19(23)18(24-20(15)16)10-14-5-3-9-25-14/h3,5-7,9-10,13,22H,2,4,8,11-12H2,1H3/p+1/b18-10-/t13-/m1/s1. The molecule has 1 aromatic carbocycles. The van der Waals surface area contributed by atoms with Crippen LogP contribution in [0.2, 0.25) is 0 Å². The summed E-state index contributed by atoms with van der Waals surface area (Å²) >= 11 is 1.56. The molecule has 3 heterocycles. The number of ether oxygens (including phenoxy) is 1. The third-order valence-corrected chi connectivity index (χ3v) is 5.84. The molecular formula is C20H22NO3S+. The molecule has 4 nitrogen and oxygen atoms in total. The summed E-state index contributed by atoms with van der Waals surface area (Å²) in [7, 11) is 0. The van der Waals surface area contributed by atoms with Crippen LogP contribution in [-0.4, -0.2) is 24.0 Å². The van der Waals surface area contributed by atoms with Crippen LogP contribution in [0.15, 0.2) is 35.4 Å². The molecule has 0 radical (unpaired) electrons. The number of ketones is 1. The van der Waals surface area contributed by atoms with Crippen LogP contribution in [0.5, 0.6) is 11.5 Å². The Morgan fingerprint density at radius 3 is 3.04 bits per heavy atom. The number of carbonyl (C=O) groups excluding carboxylic acids is 1.